The summed E-state index contributed by atoms with van der Waals surface area (Å²) in [4.78, 5) is 16.6. The molecule has 174 valence electrons. The molecule has 0 N–H and O–H groups in total. The van der Waals surface area contributed by atoms with Crippen molar-refractivity contribution >= 4 is 5.97 Å². The van der Waals surface area contributed by atoms with E-state index in [9.17, 15) is 9.18 Å². The van der Waals surface area contributed by atoms with Crippen LogP contribution < -0.4 is 4.74 Å². The third-order valence-corrected chi connectivity index (χ3v) is 5.69. The summed E-state index contributed by atoms with van der Waals surface area (Å²) in [6.45, 7) is 4.34. The Kier molecular flexibility index (Phi) is 7.40. The minimum atomic E-state index is -0.335. The molecular formula is C26H28FNO5. The maximum Gasteiger partial charge on any atom is 0.338 e. The van der Waals surface area contributed by atoms with E-state index < -0.39 is 0 Å². The molecule has 0 bridgehead atoms. The number of carbonyl (C=O) groups excluding carboxylic acids is 1. The first-order valence-corrected chi connectivity index (χ1v) is 11.3. The Balaban J connectivity index is 1.32. The van der Waals surface area contributed by atoms with E-state index in [4.69, 9.17) is 18.6 Å². The molecule has 3 aromatic rings. The van der Waals surface area contributed by atoms with Crippen LogP contribution in [0.2, 0.25) is 0 Å². The number of carbonyl (C=O) groups is 1. The number of hydrogen-bond acceptors (Lipinski definition) is 6. The first-order chi connectivity index (χ1) is 16.0. The molecule has 1 saturated carbocycles. The van der Waals surface area contributed by atoms with Gasteiger partial charge >= 0.3 is 5.97 Å². The van der Waals surface area contributed by atoms with Crippen molar-refractivity contribution in [1.82, 2.24) is 4.98 Å². The maximum absolute atomic E-state index is 13.1. The maximum atomic E-state index is 13.1. The van der Waals surface area contributed by atoms with Gasteiger partial charge in [0.1, 0.15) is 29.6 Å². The first kappa shape index (κ1) is 23.0. The quantitative estimate of drug-likeness (QED) is 0.397. The molecule has 2 aromatic carbocycles. The average molecular weight is 454 g/mol. The second-order valence-corrected chi connectivity index (χ2v) is 8.19. The van der Waals surface area contributed by atoms with Gasteiger partial charge in [0.05, 0.1) is 24.9 Å². The monoisotopic (exact) mass is 453 g/mol. The normalized spacial score (nSPS) is 18.2. The zero-order valence-electron chi connectivity index (χ0n) is 18.9. The summed E-state index contributed by atoms with van der Waals surface area (Å²) in [6, 6.07) is 11.5. The number of benzene rings is 2. The second-order valence-electron chi connectivity index (χ2n) is 8.19. The van der Waals surface area contributed by atoms with Gasteiger partial charge in [0.25, 0.3) is 0 Å². The Labute approximate surface area is 192 Å². The van der Waals surface area contributed by atoms with E-state index in [1.807, 2.05) is 19.1 Å². The molecule has 2 atom stereocenters. The van der Waals surface area contributed by atoms with Crippen molar-refractivity contribution in [1.29, 1.82) is 0 Å². The van der Waals surface area contributed by atoms with Gasteiger partial charge in [-0.15, -0.1) is 0 Å². The molecule has 0 unspecified atom stereocenters. The number of aryl methyl sites for hydroxylation is 1. The van der Waals surface area contributed by atoms with Crippen molar-refractivity contribution in [3.63, 3.8) is 0 Å². The summed E-state index contributed by atoms with van der Waals surface area (Å²) in [6.07, 6.45) is 5.25. The summed E-state index contributed by atoms with van der Waals surface area (Å²) in [5.74, 6) is 0.466. The number of rotatable bonds is 8. The molecule has 33 heavy (non-hydrogen) atoms. The molecule has 6 nitrogen and oxygen atoms in total. The van der Waals surface area contributed by atoms with Crippen LogP contribution in [0.15, 0.2) is 53.1 Å². The van der Waals surface area contributed by atoms with Crippen LogP contribution in [0, 0.1) is 12.7 Å². The molecule has 1 fully saturated rings. The lowest BCUT2D eigenvalue weighted by molar-refractivity contribution is -0.0174. The minimum Gasteiger partial charge on any atom is -0.490 e. The molecule has 1 heterocycles. The van der Waals surface area contributed by atoms with Crippen LogP contribution in [0.4, 0.5) is 4.39 Å². The van der Waals surface area contributed by atoms with Gasteiger partial charge in [0, 0.05) is 12.0 Å². The summed E-state index contributed by atoms with van der Waals surface area (Å²) in [5.41, 5.74) is 2.79. The van der Waals surface area contributed by atoms with Crippen molar-refractivity contribution < 1.29 is 27.8 Å². The summed E-state index contributed by atoms with van der Waals surface area (Å²) >= 11 is 0. The van der Waals surface area contributed by atoms with Crippen molar-refractivity contribution in [2.24, 2.45) is 0 Å². The third-order valence-electron chi connectivity index (χ3n) is 5.69. The fourth-order valence-electron chi connectivity index (χ4n) is 3.96. The van der Waals surface area contributed by atoms with Crippen molar-refractivity contribution in [2.75, 3.05) is 6.61 Å². The number of nitrogens with zero attached hydrogens (tertiary/aromatic N) is 1. The minimum absolute atomic E-state index is 0.00795. The molecule has 4 rings (SSSR count). The Hall–Kier alpha value is -3.19. The molecule has 0 radical (unpaired) electrons. The SMILES string of the molecule is CCOC(=O)c1cc(O[C@@H]2CCC[C@H](OCc3coc(-c4ccc(F)cc4)n3)C2)ccc1C. The summed E-state index contributed by atoms with van der Waals surface area (Å²) < 4.78 is 36.0. The van der Waals surface area contributed by atoms with E-state index in [2.05, 4.69) is 4.98 Å². The first-order valence-electron chi connectivity index (χ1n) is 11.3. The highest BCUT2D eigenvalue weighted by Crippen LogP contribution is 2.28. The highest BCUT2D eigenvalue weighted by atomic mass is 19.1. The smallest absolute Gasteiger partial charge is 0.338 e. The van der Waals surface area contributed by atoms with E-state index in [0.29, 0.717) is 41.7 Å². The predicted molar refractivity (Wildman–Crippen MR) is 120 cm³/mol. The Morgan fingerprint density at radius 2 is 1.94 bits per heavy atom. The Morgan fingerprint density at radius 3 is 2.73 bits per heavy atom. The van der Waals surface area contributed by atoms with Gasteiger partial charge in [0.15, 0.2) is 0 Å². The zero-order chi connectivity index (χ0) is 23.2. The number of aromatic nitrogens is 1. The van der Waals surface area contributed by atoms with Gasteiger partial charge in [-0.25, -0.2) is 14.2 Å². The van der Waals surface area contributed by atoms with Crippen LogP contribution in [0.1, 0.15) is 54.2 Å². The number of hydrogen-bond donors (Lipinski definition) is 0. The van der Waals surface area contributed by atoms with E-state index in [0.717, 1.165) is 31.2 Å². The van der Waals surface area contributed by atoms with Gasteiger partial charge in [-0.3, -0.25) is 0 Å². The van der Waals surface area contributed by atoms with Crippen molar-refractivity contribution in [3.8, 4) is 17.2 Å². The van der Waals surface area contributed by atoms with Crippen LogP contribution >= 0.6 is 0 Å². The van der Waals surface area contributed by atoms with Crippen LogP contribution in [0.25, 0.3) is 11.5 Å². The second kappa shape index (κ2) is 10.6. The van der Waals surface area contributed by atoms with Crippen LogP contribution in [0.5, 0.6) is 5.75 Å². The fourth-order valence-corrected chi connectivity index (χ4v) is 3.96. The van der Waals surface area contributed by atoms with Crippen molar-refractivity contribution in [3.05, 3.63) is 71.4 Å². The number of esters is 1. The molecule has 0 spiro atoms. The highest BCUT2D eigenvalue weighted by molar-refractivity contribution is 5.91. The molecule has 0 amide bonds. The topological polar surface area (TPSA) is 70.8 Å². The molecule has 0 saturated heterocycles. The zero-order valence-corrected chi connectivity index (χ0v) is 18.9. The van der Waals surface area contributed by atoms with E-state index in [1.54, 1.807) is 31.4 Å². The Bertz CT molecular complexity index is 1080. The highest BCUT2D eigenvalue weighted by Gasteiger charge is 2.25. The fraction of sp³-hybridized carbons (Fsp3) is 0.385. The van der Waals surface area contributed by atoms with E-state index >= 15 is 0 Å². The molecule has 0 aliphatic heterocycles. The van der Waals surface area contributed by atoms with Gasteiger partial charge in [0.2, 0.25) is 5.89 Å². The van der Waals surface area contributed by atoms with Gasteiger partial charge in [-0.05, 0) is 75.1 Å². The number of ether oxygens (including phenoxy) is 3. The lowest BCUT2D eigenvalue weighted by Crippen LogP contribution is -2.30. The van der Waals surface area contributed by atoms with E-state index in [-0.39, 0.29) is 24.0 Å². The molecule has 1 aliphatic rings. The van der Waals surface area contributed by atoms with Gasteiger partial charge in [-0.2, -0.15) is 0 Å². The number of halogens is 1. The summed E-state index contributed by atoms with van der Waals surface area (Å²) in [7, 11) is 0. The number of oxazole rings is 1. The van der Waals surface area contributed by atoms with Crippen LogP contribution in [-0.4, -0.2) is 29.8 Å². The molecule has 1 aromatic heterocycles. The standard InChI is InChI=1S/C26H28FNO5/c1-3-30-26(29)24-14-23(12-7-17(24)2)33-22-6-4-5-21(13-22)31-15-20-16-32-25(28-20)18-8-10-19(27)11-9-18/h7-12,14,16,21-22H,3-6,13,15H2,1-2H3/t21-,22+/m0/s1. The van der Waals surface area contributed by atoms with Gasteiger partial charge < -0.3 is 18.6 Å². The van der Waals surface area contributed by atoms with Crippen molar-refractivity contribution in [2.45, 2.75) is 58.3 Å². The van der Waals surface area contributed by atoms with E-state index in [1.165, 1.54) is 12.1 Å². The predicted octanol–water partition coefficient (Wildman–Crippen LogP) is 5.87. The van der Waals surface area contributed by atoms with Crippen LogP contribution in [0.3, 0.4) is 0 Å². The van der Waals surface area contributed by atoms with Gasteiger partial charge in [-0.1, -0.05) is 6.07 Å². The lowest BCUT2D eigenvalue weighted by Gasteiger charge is -2.29. The molecule has 7 heteroatoms. The molecular weight excluding hydrogens is 425 g/mol. The summed E-state index contributed by atoms with van der Waals surface area (Å²) in [5, 5.41) is 0. The average Bonchev–Trinajstić information content (AvgIpc) is 3.29. The third kappa shape index (κ3) is 5.99. The molecule has 1 aliphatic carbocycles. The van der Waals surface area contributed by atoms with Crippen LogP contribution in [-0.2, 0) is 16.1 Å². The lowest BCUT2D eigenvalue weighted by atomic mass is 9.94. The Morgan fingerprint density at radius 1 is 1.15 bits per heavy atom. The largest absolute Gasteiger partial charge is 0.490 e.